The number of phenolic OH excluding ortho intramolecular Hbond substituents is 1. The Kier molecular flexibility index (Phi) is 2.94. The summed E-state index contributed by atoms with van der Waals surface area (Å²) in [4.78, 5) is 0. The van der Waals surface area contributed by atoms with Crippen LogP contribution in [0.4, 0.5) is 0 Å². The van der Waals surface area contributed by atoms with Gasteiger partial charge in [-0.15, -0.1) is 0 Å². The molecule has 0 atom stereocenters. The van der Waals surface area contributed by atoms with Crippen molar-refractivity contribution >= 4 is 0 Å². The number of aliphatic hydroxyl groups excluding tert-OH is 1. The number of rotatable bonds is 3. The van der Waals surface area contributed by atoms with Gasteiger partial charge in [0.2, 0.25) is 0 Å². The normalized spacial score (nSPS) is 11.6. The second-order valence-corrected chi connectivity index (χ2v) is 3.87. The molecule has 0 heterocycles. The van der Waals surface area contributed by atoms with Gasteiger partial charge in [0.25, 0.3) is 0 Å². The zero-order valence-corrected chi connectivity index (χ0v) is 8.12. The minimum absolute atomic E-state index is 0.140. The Morgan fingerprint density at radius 2 is 1.85 bits per heavy atom. The third kappa shape index (κ3) is 2.22. The van der Waals surface area contributed by atoms with Crippen LogP contribution in [0.2, 0.25) is 0 Å². The van der Waals surface area contributed by atoms with E-state index in [1.807, 2.05) is 26.0 Å². The minimum Gasteiger partial charge on any atom is -0.508 e. The molecule has 0 bridgehead atoms. The summed E-state index contributed by atoms with van der Waals surface area (Å²) in [5.74, 6) is 0.306. The molecule has 2 heteroatoms. The molecule has 0 aromatic heterocycles. The van der Waals surface area contributed by atoms with Crippen molar-refractivity contribution in [1.82, 2.24) is 0 Å². The number of benzene rings is 1. The SMILES string of the molecule is CC(C)(CCO)c1ccccc1O. The molecule has 0 saturated carbocycles. The van der Waals surface area contributed by atoms with Gasteiger partial charge in [-0.3, -0.25) is 0 Å². The van der Waals surface area contributed by atoms with Crippen LogP contribution in [0.5, 0.6) is 5.75 Å². The highest BCUT2D eigenvalue weighted by atomic mass is 16.3. The second-order valence-electron chi connectivity index (χ2n) is 3.87. The molecule has 0 radical (unpaired) electrons. The number of aromatic hydroxyl groups is 1. The zero-order valence-electron chi connectivity index (χ0n) is 8.12. The molecule has 1 rings (SSSR count). The fourth-order valence-corrected chi connectivity index (χ4v) is 1.46. The molecule has 0 saturated heterocycles. The third-order valence-corrected chi connectivity index (χ3v) is 2.37. The molecule has 0 aliphatic rings. The molecule has 0 aliphatic carbocycles. The van der Waals surface area contributed by atoms with Crippen LogP contribution in [-0.2, 0) is 5.41 Å². The Balaban J connectivity index is 2.99. The Bertz CT molecular complexity index is 279. The summed E-state index contributed by atoms with van der Waals surface area (Å²) in [6.45, 7) is 4.16. The van der Waals surface area contributed by atoms with Gasteiger partial charge in [-0.1, -0.05) is 32.0 Å². The van der Waals surface area contributed by atoms with Crippen molar-refractivity contribution < 1.29 is 10.2 Å². The van der Waals surface area contributed by atoms with Crippen molar-refractivity contribution in [3.63, 3.8) is 0 Å². The van der Waals surface area contributed by atoms with Crippen molar-refractivity contribution in [2.45, 2.75) is 25.7 Å². The maximum Gasteiger partial charge on any atom is 0.119 e. The summed E-state index contributed by atoms with van der Waals surface area (Å²) in [6, 6.07) is 7.27. The van der Waals surface area contributed by atoms with Gasteiger partial charge >= 0.3 is 0 Å². The van der Waals surface area contributed by atoms with Crippen LogP contribution in [0.1, 0.15) is 25.8 Å². The topological polar surface area (TPSA) is 40.5 Å². The molecule has 0 fully saturated rings. The third-order valence-electron chi connectivity index (χ3n) is 2.37. The summed E-state index contributed by atoms with van der Waals surface area (Å²) in [5, 5.41) is 18.5. The Morgan fingerprint density at radius 3 is 2.38 bits per heavy atom. The van der Waals surface area contributed by atoms with Crippen LogP contribution in [0.15, 0.2) is 24.3 Å². The molecule has 0 spiro atoms. The Hall–Kier alpha value is -1.02. The average Bonchev–Trinajstić information content (AvgIpc) is 2.04. The Morgan fingerprint density at radius 1 is 1.23 bits per heavy atom. The minimum atomic E-state index is -0.167. The molecule has 0 aliphatic heterocycles. The number of aliphatic hydroxyl groups is 1. The van der Waals surface area contributed by atoms with Gasteiger partial charge in [0.15, 0.2) is 0 Å². The van der Waals surface area contributed by atoms with Gasteiger partial charge in [0.1, 0.15) is 5.75 Å². The fourth-order valence-electron chi connectivity index (χ4n) is 1.46. The first-order valence-electron chi connectivity index (χ1n) is 4.47. The van der Waals surface area contributed by atoms with E-state index in [2.05, 4.69) is 0 Å². The first-order chi connectivity index (χ1) is 6.08. The predicted octanol–water partition coefficient (Wildman–Crippen LogP) is 2.05. The van der Waals surface area contributed by atoms with Crippen molar-refractivity contribution in [2.24, 2.45) is 0 Å². The maximum atomic E-state index is 9.59. The lowest BCUT2D eigenvalue weighted by Gasteiger charge is -2.24. The molecule has 0 amide bonds. The molecule has 1 aromatic carbocycles. The summed E-state index contributed by atoms with van der Waals surface area (Å²) in [6.07, 6.45) is 0.657. The summed E-state index contributed by atoms with van der Waals surface area (Å²) >= 11 is 0. The van der Waals surface area contributed by atoms with Crippen LogP contribution in [-0.4, -0.2) is 16.8 Å². The van der Waals surface area contributed by atoms with E-state index in [0.717, 1.165) is 5.56 Å². The first kappa shape index (κ1) is 10.1. The summed E-state index contributed by atoms with van der Waals surface area (Å²) in [7, 11) is 0. The average molecular weight is 180 g/mol. The molecule has 2 nitrogen and oxygen atoms in total. The largest absolute Gasteiger partial charge is 0.508 e. The van der Waals surface area contributed by atoms with E-state index in [0.29, 0.717) is 12.2 Å². The van der Waals surface area contributed by atoms with Crippen molar-refractivity contribution in [2.75, 3.05) is 6.61 Å². The van der Waals surface area contributed by atoms with E-state index in [1.54, 1.807) is 12.1 Å². The summed E-state index contributed by atoms with van der Waals surface area (Å²) < 4.78 is 0. The molecule has 72 valence electrons. The van der Waals surface area contributed by atoms with Crippen molar-refractivity contribution in [1.29, 1.82) is 0 Å². The van der Waals surface area contributed by atoms with Gasteiger partial charge in [0, 0.05) is 6.61 Å². The van der Waals surface area contributed by atoms with Crippen LogP contribution >= 0.6 is 0 Å². The van der Waals surface area contributed by atoms with E-state index < -0.39 is 0 Å². The quantitative estimate of drug-likeness (QED) is 0.747. The van der Waals surface area contributed by atoms with Crippen LogP contribution in [0.3, 0.4) is 0 Å². The van der Waals surface area contributed by atoms with E-state index in [-0.39, 0.29) is 12.0 Å². The maximum absolute atomic E-state index is 9.59. The van der Waals surface area contributed by atoms with Crippen molar-refractivity contribution in [3.05, 3.63) is 29.8 Å². The molecular weight excluding hydrogens is 164 g/mol. The lowest BCUT2D eigenvalue weighted by molar-refractivity contribution is 0.250. The van der Waals surface area contributed by atoms with Crippen LogP contribution in [0.25, 0.3) is 0 Å². The van der Waals surface area contributed by atoms with Crippen molar-refractivity contribution in [3.8, 4) is 5.75 Å². The van der Waals surface area contributed by atoms with E-state index >= 15 is 0 Å². The number of hydrogen-bond donors (Lipinski definition) is 2. The van der Waals surface area contributed by atoms with Gasteiger partial charge in [-0.25, -0.2) is 0 Å². The van der Waals surface area contributed by atoms with Gasteiger partial charge in [0.05, 0.1) is 0 Å². The Labute approximate surface area is 78.8 Å². The van der Waals surface area contributed by atoms with Gasteiger partial charge < -0.3 is 10.2 Å². The monoisotopic (exact) mass is 180 g/mol. The van der Waals surface area contributed by atoms with E-state index in [1.165, 1.54) is 0 Å². The highest BCUT2D eigenvalue weighted by Crippen LogP contribution is 2.32. The fraction of sp³-hybridized carbons (Fsp3) is 0.455. The summed E-state index contributed by atoms with van der Waals surface area (Å²) in [5.41, 5.74) is 0.726. The molecule has 13 heavy (non-hydrogen) atoms. The lowest BCUT2D eigenvalue weighted by atomic mass is 9.81. The van der Waals surface area contributed by atoms with Crippen LogP contribution < -0.4 is 0 Å². The highest BCUT2D eigenvalue weighted by molar-refractivity contribution is 5.37. The van der Waals surface area contributed by atoms with Gasteiger partial charge in [-0.05, 0) is 23.5 Å². The second kappa shape index (κ2) is 3.79. The number of hydrogen-bond acceptors (Lipinski definition) is 2. The molecule has 1 aromatic rings. The standard InChI is InChI=1S/C11H16O2/c1-11(2,7-8-12)9-5-3-4-6-10(9)13/h3-6,12-13H,7-8H2,1-2H3. The van der Waals surface area contributed by atoms with Crippen LogP contribution in [0, 0.1) is 0 Å². The van der Waals surface area contributed by atoms with E-state index in [9.17, 15) is 5.11 Å². The number of para-hydroxylation sites is 1. The van der Waals surface area contributed by atoms with E-state index in [4.69, 9.17) is 5.11 Å². The number of phenols is 1. The zero-order chi connectivity index (χ0) is 9.90. The highest BCUT2D eigenvalue weighted by Gasteiger charge is 2.22. The smallest absolute Gasteiger partial charge is 0.119 e. The molecule has 2 N–H and O–H groups in total. The predicted molar refractivity (Wildman–Crippen MR) is 52.8 cm³/mol. The first-order valence-corrected chi connectivity index (χ1v) is 4.47. The lowest BCUT2D eigenvalue weighted by Crippen LogP contribution is -2.18. The van der Waals surface area contributed by atoms with Gasteiger partial charge in [-0.2, -0.15) is 0 Å². The molecule has 0 unspecified atom stereocenters. The molecular formula is C11H16O2.